The second kappa shape index (κ2) is 11.3. The van der Waals surface area contributed by atoms with Crippen LogP contribution in [0.4, 0.5) is 0 Å². The highest BCUT2D eigenvalue weighted by Crippen LogP contribution is 2.22. The minimum absolute atomic E-state index is 0.0518. The zero-order chi connectivity index (χ0) is 22.1. The van der Waals surface area contributed by atoms with Gasteiger partial charge in [0.15, 0.2) is 5.78 Å². The number of rotatable bonds is 10. The molecule has 0 spiro atoms. The number of hydrogen-bond donors (Lipinski definition) is 2. The topological polar surface area (TPSA) is 58.6 Å². The van der Waals surface area contributed by atoms with Crippen molar-refractivity contribution in [2.24, 2.45) is 0 Å². The molecule has 0 bridgehead atoms. The van der Waals surface area contributed by atoms with Gasteiger partial charge in [0.05, 0.1) is 13.2 Å². The first-order valence-corrected chi connectivity index (χ1v) is 10.5. The fourth-order valence-corrected chi connectivity index (χ4v) is 3.41. The van der Waals surface area contributed by atoms with Crippen LogP contribution in [0.1, 0.15) is 36.1 Å². The molecular formula is C27H29NO3. The van der Waals surface area contributed by atoms with E-state index in [1.54, 1.807) is 7.11 Å². The Kier molecular flexibility index (Phi) is 8.16. The number of allylic oxidation sites excluding steroid dienone is 1. The Hall–Kier alpha value is -3.21. The summed E-state index contributed by atoms with van der Waals surface area (Å²) in [5.41, 5.74) is 3.36. The predicted octanol–water partition coefficient (Wildman–Crippen LogP) is 4.91. The molecule has 0 aromatic heterocycles. The van der Waals surface area contributed by atoms with E-state index in [4.69, 9.17) is 4.74 Å². The molecule has 2 unspecified atom stereocenters. The largest absolute Gasteiger partial charge is 0.497 e. The molecule has 31 heavy (non-hydrogen) atoms. The number of aliphatic hydroxyl groups excluding tert-OH is 1. The third-order valence-corrected chi connectivity index (χ3v) is 5.25. The number of ketones is 1. The minimum Gasteiger partial charge on any atom is -0.497 e. The van der Waals surface area contributed by atoms with Gasteiger partial charge in [0.25, 0.3) is 0 Å². The van der Waals surface area contributed by atoms with Gasteiger partial charge in [-0.3, -0.25) is 4.79 Å². The standard InChI is InChI=1S/C27H29NO3/c1-20(27(30)23-11-7-4-8-12-23)28-18-17-26(29)25(22-9-5-3-6-10-22)19-21-13-15-24(31-2)16-14-21/h3-16,19-20,27-28,30H,17-18H2,1-2H3/b25-19+. The average Bonchev–Trinajstić information content (AvgIpc) is 2.83. The van der Waals surface area contributed by atoms with Crippen molar-refractivity contribution in [3.05, 3.63) is 102 Å². The van der Waals surface area contributed by atoms with Crippen molar-refractivity contribution in [2.75, 3.05) is 13.7 Å². The average molecular weight is 416 g/mol. The smallest absolute Gasteiger partial charge is 0.164 e. The molecule has 0 saturated carbocycles. The molecule has 3 rings (SSSR count). The predicted molar refractivity (Wildman–Crippen MR) is 126 cm³/mol. The van der Waals surface area contributed by atoms with Crippen LogP contribution in [0.2, 0.25) is 0 Å². The lowest BCUT2D eigenvalue weighted by Gasteiger charge is -2.20. The second-order valence-electron chi connectivity index (χ2n) is 7.47. The molecule has 0 fully saturated rings. The number of aliphatic hydroxyl groups is 1. The molecule has 2 atom stereocenters. The Balaban J connectivity index is 1.68. The van der Waals surface area contributed by atoms with Gasteiger partial charge in [0, 0.05) is 24.6 Å². The Bertz CT molecular complexity index is 982. The van der Waals surface area contributed by atoms with Crippen molar-refractivity contribution >= 4 is 17.4 Å². The Morgan fingerprint density at radius 3 is 2.19 bits per heavy atom. The maximum absolute atomic E-state index is 13.1. The summed E-state index contributed by atoms with van der Waals surface area (Å²) < 4.78 is 5.22. The highest BCUT2D eigenvalue weighted by molar-refractivity contribution is 6.25. The summed E-state index contributed by atoms with van der Waals surface area (Å²) in [6, 6.07) is 26.7. The van der Waals surface area contributed by atoms with Crippen molar-refractivity contribution < 1.29 is 14.6 Å². The molecule has 0 aliphatic heterocycles. The quantitative estimate of drug-likeness (QED) is 0.365. The number of hydrogen-bond acceptors (Lipinski definition) is 4. The van der Waals surface area contributed by atoms with Gasteiger partial charge in [0.1, 0.15) is 5.75 Å². The van der Waals surface area contributed by atoms with E-state index in [0.29, 0.717) is 18.5 Å². The zero-order valence-corrected chi connectivity index (χ0v) is 18.0. The summed E-state index contributed by atoms with van der Waals surface area (Å²) >= 11 is 0. The van der Waals surface area contributed by atoms with Crippen molar-refractivity contribution in [3.8, 4) is 5.75 Å². The molecule has 0 aliphatic carbocycles. The van der Waals surface area contributed by atoms with Crippen molar-refractivity contribution in [1.29, 1.82) is 0 Å². The van der Waals surface area contributed by atoms with Gasteiger partial charge in [-0.1, -0.05) is 72.8 Å². The number of nitrogens with one attached hydrogen (secondary N) is 1. The first-order chi connectivity index (χ1) is 15.1. The number of benzene rings is 3. The molecule has 0 aliphatic rings. The van der Waals surface area contributed by atoms with Crippen LogP contribution in [0.15, 0.2) is 84.9 Å². The molecule has 4 nitrogen and oxygen atoms in total. The van der Waals surface area contributed by atoms with Crippen LogP contribution < -0.4 is 10.1 Å². The Labute approximate surface area is 184 Å². The van der Waals surface area contributed by atoms with E-state index < -0.39 is 6.10 Å². The number of methoxy groups -OCH3 is 1. The lowest BCUT2D eigenvalue weighted by atomic mass is 9.97. The second-order valence-corrected chi connectivity index (χ2v) is 7.47. The summed E-state index contributed by atoms with van der Waals surface area (Å²) in [7, 11) is 1.63. The number of ether oxygens (including phenoxy) is 1. The summed E-state index contributed by atoms with van der Waals surface area (Å²) in [6.45, 7) is 2.41. The van der Waals surface area contributed by atoms with Gasteiger partial charge < -0.3 is 15.2 Å². The van der Waals surface area contributed by atoms with Crippen LogP contribution in [0.3, 0.4) is 0 Å². The maximum Gasteiger partial charge on any atom is 0.164 e. The van der Waals surface area contributed by atoms with Crippen LogP contribution in [-0.4, -0.2) is 30.6 Å². The van der Waals surface area contributed by atoms with E-state index in [2.05, 4.69) is 5.32 Å². The van der Waals surface area contributed by atoms with Crippen molar-refractivity contribution in [3.63, 3.8) is 0 Å². The monoisotopic (exact) mass is 415 g/mol. The van der Waals surface area contributed by atoms with Crippen LogP contribution in [0.25, 0.3) is 11.6 Å². The maximum atomic E-state index is 13.1. The summed E-state index contributed by atoms with van der Waals surface area (Å²) in [5.74, 6) is 0.829. The molecule has 0 saturated heterocycles. The molecule has 3 aromatic rings. The molecular weight excluding hydrogens is 386 g/mol. The summed E-state index contributed by atoms with van der Waals surface area (Å²) in [5, 5.41) is 13.8. The Morgan fingerprint density at radius 2 is 1.58 bits per heavy atom. The van der Waals surface area contributed by atoms with Gasteiger partial charge in [-0.25, -0.2) is 0 Å². The van der Waals surface area contributed by atoms with Gasteiger partial charge in [-0.05, 0) is 41.8 Å². The highest BCUT2D eigenvalue weighted by atomic mass is 16.5. The first-order valence-electron chi connectivity index (χ1n) is 10.5. The SMILES string of the molecule is COc1ccc(/C=C(/C(=O)CCNC(C)C(O)c2ccccc2)c2ccccc2)cc1. The molecule has 3 aromatic carbocycles. The van der Waals surface area contributed by atoms with E-state index in [9.17, 15) is 9.90 Å². The lowest BCUT2D eigenvalue weighted by molar-refractivity contribution is -0.113. The van der Waals surface area contributed by atoms with Crippen LogP contribution >= 0.6 is 0 Å². The van der Waals surface area contributed by atoms with Crippen LogP contribution in [0.5, 0.6) is 5.75 Å². The van der Waals surface area contributed by atoms with E-state index in [1.807, 2.05) is 97.9 Å². The molecule has 0 heterocycles. The number of Topliss-reactive ketones (excluding diaryl/α,β-unsaturated/α-hetero) is 1. The van der Waals surface area contributed by atoms with Gasteiger partial charge in [0.2, 0.25) is 0 Å². The van der Waals surface area contributed by atoms with Crippen LogP contribution in [0, 0.1) is 0 Å². The van der Waals surface area contributed by atoms with E-state index in [1.165, 1.54) is 0 Å². The lowest BCUT2D eigenvalue weighted by Crippen LogP contribution is -2.33. The van der Waals surface area contributed by atoms with E-state index in [0.717, 1.165) is 22.4 Å². The van der Waals surface area contributed by atoms with Crippen LogP contribution in [-0.2, 0) is 4.79 Å². The van der Waals surface area contributed by atoms with E-state index in [-0.39, 0.29) is 11.8 Å². The Morgan fingerprint density at radius 1 is 0.968 bits per heavy atom. The normalized spacial score (nSPS) is 13.5. The molecule has 0 amide bonds. The number of carbonyl (C=O) groups is 1. The minimum atomic E-state index is -0.625. The van der Waals surface area contributed by atoms with Crippen molar-refractivity contribution in [2.45, 2.75) is 25.5 Å². The van der Waals surface area contributed by atoms with E-state index >= 15 is 0 Å². The van der Waals surface area contributed by atoms with Gasteiger partial charge in [-0.15, -0.1) is 0 Å². The molecule has 160 valence electrons. The first kappa shape index (κ1) is 22.5. The summed E-state index contributed by atoms with van der Waals surface area (Å²) in [6.07, 6.45) is 1.63. The summed E-state index contributed by atoms with van der Waals surface area (Å²) in [4.78, 5) is 13.1. The van der Waals surface area contributed by atoms with Gasteiger partial charge >= 0.3 is 0 Å². The van der Waals surface area contributed by atoms with Gasteiger partial charge in [-0.2, -0.15) is 0 Å². The zero-order valence-electron chi connectivity index (χ0n) is 18.0. The fourth-order valence-electron chi connectivity index (χ4n) is 3.41. The third kappa shape index (κ3) is 6.38. The molecule has 2 N–H and O–H groups in total. The molecule has 4 heteroatoms. The fraction of sp³-hybridized carbons (Fsp3) is 0.222. The number of carbonyl (C=O) groups excluding carboxylic acids is 1. The highest BCUT2D eigenvalue weighted by Gasteiger charge is 2.17. The molecule has 0 radical (unpaired) electrons. The third-order valence-electron chi connectivity index (χ3n) is 5.25. The van der Waals surface area contributed by atoms with Crippen molar-refractivity contribution in [1.82, 2.24) is 5.32 Å².